The van der Waals surface area contributed by atoms with Crippen molar-refractivity contribution in [2.24, 2.45) is 0 Å². The third-order valence-electron chi connectivity index (χ3n) is 9.74. The number of hydrogen-bond acceptors (Lipinski definition) is 6. The number of hydrogen-bond donors (Lipinski definition) is 0. The summed E-state index contributed by atoms with van der Waals surface area (Å²) >= 11 is 0. The van der Waals surface area contributed by atoms with Gasteiger partial charge < -0.3 is 24.2 Å². The number of aryl methyl sites for hydroxylation is 2. The fourth-order valence-electron chi connectivity index (χ4n) is 7.87. The highest BCUT2D eigenvalue weighted by Gasteiger charge is 2.54. The van der Waals surface area contributed by atoms with Crippen LogP contribution in [0.4, 0.5) is 0 Å². The number of aromatic nitrogens is 2. The minimum atomic E-state index is -0.508. The van der Waals surface area contributed by atoms with Gasteiger partial charge in [-0.3, -0.25) is 0 Å². The quantitative estimate of drug-likeness (QED) is 0.377. The second kappa shape index (κ2) is 8.47. The largest absolute Gasteiger partial charge is 0.618 e. The zero-order valence-corrected chi connectivity index (χ0v) is 21.5. The van der Waals surface area contributed by atoms with E-state index in [0.717, 1.165) is 98.7 Å². The number of pyridine rings is 2. The van der Waals surface area contributed by atoms with Crippen molar-refractivity contribution in [2.45, 2.75) is 126 Å². The Morgan fingerprint density at radius 1 is 0.703 bits per heavy atom. The molecule has 0 bridgehead atoms. The Bertz CT molecular complexity index is 1220. The fraction of sp³-hybridized carbons (Fsp3) is 0.667. The van der Waals surface area contributed by atoms with Crippen LogP contribution >= 0.6 is 0 Å². The molecule has 6 aliphatic rings. The molecule has 4 aliphatic carbocycles. The number of rotatable bonds is 1. The molecular formula is C30H36N2O5. The molecule has 196 valence electrons. The normalized spacial score (nSPS) is 33.1. The predicted molar refractivity (Wildman–Crippen MR) is 134 cm³/mol. The molecule has 2 aliphatic heterocycles. The molecule has 2 aromatic rings. The molecule has 2 spiro atoms. The molecule has 0 amide bonds. The summed E-state index contributed by atoms with van der Waals surface area (Å²) in [5.74, 6) is -0.951. The van der Waals surface area contributed by atoms with Gasteiger partial charge in [0.25, 0.3) is 0 Å². The lowest BCUT2D eigenvalue weighted by Gasteiger charge is -2.31. The van der Waals surface area contributed by atoms with Crippen molar-refractivity contribution in [2.75, 3.05) is 0 Å². The van der Waals surface area contributed by atoms with Gasteiger partial charge in [0, 0.05) is 37.3 Å². The Labute approximate surface area is 218 Å². The lowest BCUT2D eigenvalue weighted by atomic mass is 9.90. The van der Waals surface area contributed by atoms with Gasteiger partial charge in [-0.2, -0.15) is 4.73 Å². The lowest BCUT2D eigenvalue weighted by molar-refractivity contribution is -0.608. The van der Waals surface area contributed by atoms with Gasteiger partial charge in [-0.05, 0) is 69.1 Å². The van der Waals surface area contributed by atoms with Crippen LogP contribution in [0.1, 0.15) is 112 Å². The highest BCUT2D eigenvalue weighted by Crippen LogP contribution is 2.51. The van der Waals surface area contributed by atoms with E-state index in [0.29, 0.717) is 11.4 Å². The second-order valence-electron chi connectivity index (χ2n) is 12.1. The predicted octanol–water partition coefficient (Wildman–Crippen LogP) is 5.51. The van der Waals surface area contributed by atoms with Crippen LogP contribution in [0, 0.1) is 5.21 Å². The van der Waals surface area contributed by atoms with E-state index in [9.17, 15) is 5.21 Å². The average molecular weight is 505 g/mol. The molecule has 8 rings (SSSR count). The highest BCUT2D eigenvalue weighted by molar-refractivity contribution is 5.53. The van der Waals surface area contributed by atoms with Crippen LogP contribution in [-0.2, 0) is 31.8 Å². The molecule has 0 unspecified atom stereocenters. The SMILES string of the molecule is [O-][n+]1c(-c2ccc3c(n2)[C@H]2OC4(CCCCC4)O[C@H]2CC3)ccc2c1[C@H]1OC3(CCCCC3)O[C@H]1CC2. The molecule has 4 heterocycles. The zero-order valence-electron chi connectivity index (χ0n) is 21.5. The molecule has 0 N–H and O–H groups in total. The van der Waals surface area contributed by atoms with Crippen molar-refractivity contribution < 1.29 is 23.7 Å². The summed E-state index contributed by atoms with van der Waals surface area (Å²) in [7, 11) is 0. The standard InChI is InChI=1S/C30H36N2O5/c33-32-22(12-8-20-10-14-24-28(26(20)32)37-30(35-24)17-5-2-6-18-30)21-11-7-19-9-13-23-27(25(19)31-21)36-29(34-23)15-3-1-4-16-29/h7-8,11-12,23-24,27-28H,1-6,9-10,13-18H2/t23-,24-,27-,28-/m0/s1. The Balaban J connectivity index is 1.14. The second-order valence-corrected chi connectivity index (χ2v) is 12.1. The molecule has 0 aromatic carbocycles. The van der Waals surface area contributed by atoms with Crippen molar-refractivity contribution >= 4 is 0 Å². The molecule has 7 nitrogen and oxygen atoms in total. The Morgan fingerprint density at radius 3 is 2.00 bits per heavy atom. The molecule has 2 saturated carbocycles. The van der Waals surface area contributed by atoms with Crippen LogP contribution in [0.15, 0.2) is 24.3 Å². The lowest BCUT2D eigenvalue weighted by Crippen LogP contribution is -2.42. The van der Waals surface area contributed by atoms with Gasteiger partial charge in [-0.1, -0.05) is 18.9 Å². The van der Waals surface area contributed by atoms with Gasteiger partial charge >= 0.3 is 0 Å². The summed E-state index contributed by atoms with van der Waals surface area (Å²) < 4.78 is 27.4. The summed E-state index contributed by atoms with van der Waals surface area (Å²) in [4.78, 5) is 5.08. The first-order valence-corrected chi connectivity index (χ1v) is 14.6. The van der Waals surface area contributed by atoms with Crippen molar-refractivity contribution in [3.8, 4) is 11.4 Å². The van der Waals surface area contributed by atoms with E-state index in [1.54, 1.807) is 0 Å². The zero-order chi connectivity index (χ0) is 24.6. The third kappa shape index (κ3) is 3.61. The first-order chi connectivity index (χ1) is 18.1. The van der Waals surface area contributed by atoms with Crippen LogP contribution in [0.25, 0.3) is 11.4 Å². The Morgan fingerprint density at radius 2 is 1.30 bits per heavy atom. The average Bonchev–Trinajstić information content (AvgIpc) is 3.46. The van der Waals surface area contributed by atoms with Crippen LogP contribution < -0.4 is 4.73 Å². The van der Waals surface area contributed by atoms with Gasteiger partial charge in [-0.25, -0.2) is 4.98 Å². The monoisotopic (exact) mass is 504 g/mol. The maximum atomic E-state index is 14.0. The Hall–Kier alpha value is -2.06. The summed E-state index contributed by atoms with van der Waals surface area (Å²) in [6.07, 6.45) is 14.0. The number of nitrogens with zero attached hydrogens (tertiary/aromatic N) is 2. The molecule has 37 heavy (non-hydrogen) atoms. The van der Waals surface area contributed by atoms with Crippen LogP contribution in [0.2, 0.25) is 0 Å². The summed E-state index contributed by atoms with van der Waals surface area (Å²) in [5.41, 5.74) is 5.22. The van der Waals surface area contributed by atoms with E-state index >= 15 is 0 Å². The fourth-order valence-corrected chi connectivity index (χ4v) is 7.87. The van der Waals surface area contributed by atoms with E-state index in [1.165, 1.54) is 18.4 Å². The summed E-state index contributed by atoms with van der Waals surface area (Å²) in [6, 6.07) is 8.16. The molecular weight excluding hydrogens is 468 g/mol. The van der Waals surface area contributed by atoms with Crippen LogP contribution in [0.5, 0.6) is 0 Å². The van der Waals surface area contributed by atoms with Gasteiger partial charge in [-0.15, -0.1) is 0 Å². The van der Waals surface area contributed by atoms with Gasteiger partial charge in [0.15, 0.2) is 17.7 Å². The van der Waals surface area contributed by atoms with Crippen molar-refractivity contribution in [1.82, 2.24) is 4.98 Å². The molecule has 0 radical (unpaired) electrons. The minimum absolute atomic E-state index is 0.0472. The van der Waals surface area contributed by atoms with E-state index in [2.05, 4.69) is 12.1 Å². The van der Waals surface area contributed by atoms with Crippen molar-refractivity contribution in [3.63, 3.8) is 0 Å². The van der Waals surface area contributed by atoms with Gasteiger partial charge in [0.05, 0.1) is 17.9 Å². The third-order valence-corrected chi connectivity index (χ3v) is 9.74. The first-order valence-electron chi connectivity index (χ1n) is 14.6. The highest BCUT2D eigenvalue weighted by atomic mass is 16.8. The van der Waals surface area contributed by atoms with Crippen molar-refractivity contribution in [3.05, 3.63) is 52.0 Å². The van der Waals surface area contributed by atoms with Gasteiger partial charge in [0.1, 0.15) is 11.8 Å². The van der Waals surface area contributed by atoms with E-state index < -0.39 is 11.6 Å². The van der Waals surface area contributed by atoms with Crippen LogP contribution in [-0.4, -0.2) is 28.8 Å². The van der Waals surface area contributed by atoms with E-state index in [1.807, 2.05) is 12.1 Å². The molecule has 7 heteroatoms. The number of ether oxygens (including phenoxy) is 4. The molecule has 4 fully saturated rings. The Kier molecular flexibility index (Phi) is 5.24. The van der Waals surface area contributed by atoms with E-state index in [-0.39, 0.29) is 24.4 Å². The maximum absolute atomic E-state index is 14.0. The van der Waals surface area contributed by atoms with Gasteiger partial charge in [0.2, 0.25) is 11.4 Å². The smallest absolute Gasteiger partial charge is 0.242 e. The molecule has 4 atom stereocenters. The minimum Gasteiger partial charge on any atom is -0.618 e. The summed E-state index contributed by atoms with van der Waals surface area (Å²) in [5, 5.41) is 14.0. The maximum Gasteiger partial charge on any atom is 0.242 e. The molecule has 2 aromatic heterocycles. The topological polar surface area (TPSA) is 76.8 Å². The number of fused-ring (bicyclic) bond motifs is 6. The van der Waals surface area contributed by atoms with Crippen molar-refractivity contribution in [1.29, 1.82) is 0 Å². The summed E-state index contributed by atoms with van der Waals surface area (Å²) in [6.45, 7) is 0. The molecule has 2 saturated heterocycles. The van der Waals surface area contributed by atoms with Crippen LogP contribution in [0.3, 0.4) is 0 Å². The first kappa shape index (κ1) is 22.9. The van der Waals surface area contributed by atoms with E-state index in [4.69, 9.17) is 23.9 Å².